The molecular weight excluding hydrogens is 649 g/mol. The molecule has 1 atom stereocenters. The van der Waals surface area contributed by atoms with Crippen molar-refractivity contribution in [3.63, 3.8) is 0 Å². The highest BCUT2D eigenvalue weighted by Crippen LogP contribution is 2.54. The Hall–Kier alpha value is -6.59. The molecular formula is C48H34N4O. The van der Waals surface area contributed by atoms with Crippen molar-refractivity contribution in [1.29, 1.82) is 0 Å². The predicted octanol–water partition coefficient (Wildman–Crippen LogP) is 11.6. The van der Waals surface area contributed by atoms with Crippen LogP contribution in [0.25, 0.3) is 72.8 Å². The molecule has 1 aliphatic heterocycles. The molecule has 0 fully saturated rings. The van der Waals surface area contributed by atoms with Gasteiger partial charge in [-0.3, -0.25) is 0 Å². The van der Waals surface area contributed by atoms with E-state index in [2.05, 4.69) is 109 Å². The summed E-state index contributed by atoms with van der Waals surface area (Å²) in [6.45, 7) is 4.70. The molecule has 5 heteroatoms. The summed E-state index contributed by atoms with van der Waals surface area (Å²) in [6.07, 6.45) is 5.36. The van der Waals surface area contributed by atoms with Crippen molar-refractivity contribution in [2.75, 3.05) is 0 Å². The summed E-state index contributed by atoms with van der Waals surface area (Å²) < 4.78 is 9.38. The smallest absolute Gasteiger partial charge is 0.164 e. The molecule has 53 heavy (non-hydrogen) atoms. The number of hydrogen-bond donors (Lipinski definition) is 0. The standard InChI is InChI=1S/C48H34N4O/c1-48(2)37-23-11-9-19-31(37)35-28-41-36(27-38(35)48)32-20-10-12-24-39(32)52(41)40-25-13-21-33-43-34(22-14-26-42(43)53-44(33)40)47-50-45(29-15-5-3-6-16-29)49-46(51-47)30-17-7-4-8-18-30/h3-20,22-28,33H,21H2,1-2H3. The number of benzene rings is 6. The Morgan fingerprint density at radius 1 is 0.585 bits per heavy atom. The van der Waals surface area contributed by atoms with Gasteiger partial charge in [-0.25, -0.2) is 15.0 Å². The van der Waals surface area contributed by atoms with Crippen molar-refractivity contribution in [2.45, 2.75) is 31.6 Å². The molecule has 0 amide bonds. The van der Waals surface area contributed by atoms with Gasteiger partial charge < -0.3 is 9.30 Å². The largest absolute Gasteiger partial charge is 0.459 e. The van der Waals surface area contributed by atoms with Gasteiger partial charge in [0.2, 0.25) is 0 Å². The number of ether oxygens (including phenoxy) is 1. The van der Waals surface area contributed by atoms with E-state index in [1.807, 2.05) is 60.7 Å². The van der Waals surface area contributed by atoms with Crippen molar-refractivity contribution in [3.8, 4) is 51.0 Å². The van der Waals surface area contributed by atoms with Crippen molar-refractivity contribution in [3.05, 3.63) is 174 Å². The van der Waals surface area contributed by atoms with E-state index >= 15 is 0 Å². The van der Waals surface area contributed by atoms with Crippen LogP contribution in [0.1, 0.15) is 42.9 Å². The molecule has 3 aliphatic rings. The molecule has 0 bridgehead atoms. The molecule has 0 spiro atoms. The summed E-state index contributed by atoms with van der Waals surface area (Å²) >= 11 is 0. The first-order valence-electron chi connectivity index (χ1n) is 18.3. The highest BCUT2D eigenvalue weighted by Gasteiger charge is 2.39. The molecule has 6 aromatic carbocycles. The molecule has 11 rings (SSSR count). The van der Waals surface area contributed by atoms with Crippen molar-refractivity contribution in [1.82, 2.24) is 19.5 Å². The monoisotopic (exact) mass is 682 g/mol. The molecule has 0 N–H and O–H groups in total. The summed E-state index contributed by atoms with van der Waals surface area (Å²) in [7, 11) is 0. The zero-order valence-electron chi connectivity index (χ0n) is 29.4. The van der Waals surface area contributed by atoms with Crippen LogP contribution in [0.4, 0.5) is 0 Å². The first-order valence-corrected chi connectivity index (χ1v) is 18.3. The van der Waals surface area contributed by atoms with Gasteiger partial charge in [-0.1, -0.05) is 135 Å². The van der Waals surface area contributed by atoms with E-state index in [9.17, 15) is 0 Å². The average molecular weight is 683 g/mol. The molecule has 0 saturated carbocycles. The van der Waals surface area contributed by atoms with Gasteiger partial charge in [0, 0.05) is 38.4 Å². The summed E-state index contributed by atoms with van der Waals surface area (Å²) in [5.74, 6) is 3.75. The third-order valence-corrected chi connectivity index (χ3v) is 11.4. The summed E-state index contributed by atoms with van der Waals surface area (Å²) in [5.41, 5.74) is 12.7. The Kier molecular flexibility index (Phi) is 6.36. The average Bonchev–Trinajstić information content (AvgIpc) is 3.83. The van der Waals surface area contributed by atoms with E-state index < -0.39 is 0 Å². The normalized spacial score (nSPS) is 16.4. The number of nitrogens with zero attached hydrogens (tertiary/aromatic N) is 4. The van der Waals surface area contributed by atoms with E-state index in [0.717, 1.165) is 45.9 Å². The molecule has 252 valence electrons. The van der Waals surface area contributed by atoms with Gasteiger partial charge in [-0.15, -0.1) is 0 Å². The minimum absolute atomic E-state index is 0.00335. The van der Waals surface area contributed by atoms with Crippen LogP contribution < -0.4 is 4.74 Å². The van der Waals surface area contributed by atoms with E-state index in [0.29, 0.717) is 17.5 Å². The van der Waals surface area contributed by atoms with Crippen LogP contribution in [0.3, 0.4) is 0 Å². The van der Waals surface area contributed by atoms with E-state index in [4.69, 9.17) is 19.7 Å². The van der Waals surface area contributed by atoms with Crippen LogP contribution in [-0.2, 0) is 5.41 Å². The van der Waals surface area contributed by atoms with Crippen molar-refractivity contribution >= 4 is 27.5 Å². The third kappa shape index (κ3) is 4.40. The van der Waals surface area contributed by atoms with Crippen LogP contribution in [0.5, 0.6) is 5.75 Å². The lowest BCUT2D eigenvalue weighted by Crippen LogP contribution is -2.14. The fourth-order valence-corrected chi connectivity index (χ4v) is 8.90. The van der Waals surface area contributed by atoms with Crippen LogP contribution in [0.15, 0.2) is 157 Å². The Balaban J connectivity index is 1.11. The molecule has 0 radical (unpaired) electrons. The van der Waals surface area contributed by atoms with Crippen LogP contribution in [-0.4, -0.2) is 19.5 Å². The van der Waals surface area contributed by atoms with Crippen LogP contribution in [0.2, 0.25) is 0 Å². The molecule has 8 aromatic rings. The van der Waals surface area contributed by atoms with E-state index in [-0.39, 0.29) is 11.3 Å². The summed E-state index contributed by atoms with van der Waals surface area (Å²) in [6, 6.07) is 49.0. The van der Waals surface area contributed by atoms with Gasteiger partial charge in [0.25, 0.3) is 0 Å². The minimum Gasteiger partial charge on any atom is -0.459 e. The summed E-state index contributed by atoms with van der Waals surface area (Å²) in [5, 5.41) is 2.50. The highest BCUT2D eigenvalue weighted by atomic mass is 16.5. The maximum Gasteiger partial charge on any atom is 0.164 e. The second-order valence-corrected chi connectivity index (χ2v) is 14.7. The SMILES string of the molecule is CC1(C)c2ccccc2-c2cc3c(cc21)c1ccccc1n3C1=C2Oc3cccc(-c4nc(-c5ccccc5)nc(-c5ccccc5)n4)c3C2CC=C1. The lowest BCUT2D eigenvalue weighted by molar-refractivity contribution is 0.426. The second-order valence-electron chi connectivity index (χ2n) is 14.7. The fraction of sp³-hybridized carbons (Fsp3) is 0.104. The van der Waals surface area contributed by atoms with Gasteiger partial charge in [-0.05, 0) is 59.0 Å². The quantitative estimate of drug-likeness (QED) is 0.185. The molecule has 1 unspecified atom stereocenters. The van der Waals surface area contributed by atoms with Crippen LogP contribution in [0, 0.1) is 0 Å². The Morgan fingerprint density at radius 2 is 1.25 bits per heavy atom. The zero-order valence-corrected chi connectivity index (χ0v) is 29.4. The number of hydrogen-bond acceptors (Lipinski definition) is 4. The van der Waals surface area contributed by atoms with Gasteiger partial charge in [0.15, 0.2) is 17.5 Å². The molecule has 5 nitrogen and oxygen atoms in total. The second kappa shape index (κ2) is 11.2. The summed E-state index contributed by atoms with van der Waals surface area (Å²) in [4.78, 5) is 15.2. The fourth-order valence-electron chi connectivity index (χ4n) is 8.90. The van der Waals surface area contributed by atoms with Crippen LogP contribution >= 0.6 is 0 Å². The Bertz CT molecular complexity index is 2810. The van der Waals surface area contributed by atoms with Gasteiger partial charge in [-0.2, -0.15) is 0 Å². The van der Waals surface area contributed by atoms with Gasteiger partial charge >= 0.3 is 0 Å². The van der Waals surface area contributed by atoms with E-state index in [1.54, 1.807) is 0 Å². The lowest BCUT2D eigenvalue weighted by Gasteiger charge is -2.22. The molecule has 3 heterocycles. The topological polar surface area (TPSA) is 52.8 Å². The number of fused-ring (bicyclic) bond motifs is 9. The molecule has 2 aliphatic carbocycles. The predicted molar refractivity (Wildman–Crippen MR) is 213 cm³/mol. The van der Waals surface area contributed by atoms with Gasteiger partial charge in [0.05, 0.1) is 22.6 Å². The highest BCUT2D eigenvalue weighted by molar-refractivity contribution is 6.12. The maximum absolute atomic E-state index is 6.96. The Labute approximate surface area is 307 Å². The third-order valence-electron chi connectivity index (χ3n) is 11.4. The van der Waals surface area contributed by atoms with Gasteiger partial charge in [0.1, 0.15) is 11.5 Å². The zero-order chi connectivity index (χ0) is 35.3. The van der Waals surface area contributed by atoms with Crippen molar-refractivity contribution < 1.29 is 4.74 Å². The number of para-hydroxylation sites is 1. The number of allylic oxidation sites excluding steroid dienone is 4. The maximum atomic E-state index is 6.96. The first-order chi connectivity index (χ1) is 26.0. The van der Waals surface area contributed by atoms with Crippen molar-refractivity contribution in [2.24, 2.45) is 0 Å². The number of aromatic nitrogens is 4. The molecule has 2 aromatic heterocycles. The minimum atomic E-state index is -0.0799. The van der Waals surface area contributed by atoms with E-state index in [1.165, 1.54) is 44.1 Å². The lowest BCUT2D eigenvalue weighted by atomic mass is 9.82. The first kappa shape index (κ1) is 30.1. The number of rotatable bonds is 4. The Morgan fingerprint density at radius 3 is 2.02 bits per heavy atom. The molecule has 0 saturated heterocycles.